The summed E-state index contributed by atoms with van der Waals surface area (Å²) in [4.78, 5) is 30.4. The van der Waals surface area contributed by atoms with Gasteiger partial charge in [-0.1, -0.05) is 22.0 Å². The Balaban J connectivity index is 2.14. The van der Waals surface area contributed by atoms with E-state index in [1.807, 2.05) is 12.1 Å². The summed E-state index contributed by atoms with van der Waals surface area (Å²) < 4.78 is 10.9. The standard InChI is InChI=1S/C17H19BrN2O4S/c1-3-24-17(22)14-11-25-15(19-14)10-20(7-8-23-2)16(21)12-5-4-6-13(18)9-12/h4-6,9,11H,3,7-8,10H2,1-2H3. The summed E-state index contributed by atoms with van der Waals surface area (Å²) in [5.41, 5.74) is 0.844. The highest BCUT2D eigenvalue weighted by molar-refractivity contribution is 9.10. The van der Waals surface area contributed by atoms with Crippen molar-refractivity contribution in [3.8, 4) is 0 Å². The van der Waals surface area contributed by atoms with Gasteiger partial charge in [-0.3, -0.25) is 4.79 Å². The molecular formula is C17H19BrN2O4S. The van der Waals surface area contributed by atoms with Gasteiger partial charge in [0.1, 0.15) is 5.01 Å². The monoisotopic (exact) mass is 426 g/mol. The van der Waals surface area contributed by atoms with Crippen molar-refractivity contribution in [1.82, 2.24) is 9.88 Å². The molecular weight excluding hydrogens is 408 g/mol. The number of aromatic nitrogens is 1. The van der Waals surface area contributed by atoms with E-state index in [1.165, 1.54) is 11.3 Å². The highest BCUT2D eigenvalue weighted by Crippen LogP contribution is 2.17. The molecule has 0 unspecified atom stereocenters. The van der Waals surface area contributed by atoms with Gasteiger partial charge in [0.25, 0.3) is 5.91 Å². The minimum Gasteiger partial charge on any atom is -0.461 e. The Morgan fingerprint density at radius 2 is 2.16 bits per heavy atom. The smallest absolute Gasteiger partial charge is 0.357 e. The van der Waals surface area contributed by atoms with Gasteiger partial charge in [-0.15, -0.1) is 11.3 Å². The summed E-state index contributed by atoms with van der Waals surface area (Å²) in [5.74, 6) is -0.571. The molecule has 6 nitrogen and oxygen atoms in total. The van der Waals surface area contributed by atoms with Gasteiger partial charge in [0.15, 0.2) is 5.69 Å². The maximum Gasteiger partial charge on any atom is 0.357 e. The Bertz CT molecular complexity index is 735. The van der Waals surface area contributed by atoms with Crippen molar-refractivity contribution in [3.05, 3.63) is 50.4 Å². The van der Waals surface area contributed by atoms with Crippen molar-refractivity contribution in [2.45, 2.75) is 13.5 Å². The summed E-state index contributed by atoms with van der Waals surface area (Å²) in [6.45, 7) is 3.19. The molecule has 0 bridgehead atoms. The van der Waals surface area contributed by atoms with Crippen LogP contribution in [-0.2, 0) is 16.0 Å². The lowest BCUT2D eigenvalue weighted by Crippen LogP contribution is -2.33. The van der Waals surface area contributed by atoms with Crippen LogP contribution in [-0.4, -0.2) is 48.6 Å². The maximum atomic E-state index is 12.8. The normalized spacial score (nSPS) is 10.5. The van der Waals surface area contributed by atoms with Gasteiger partial charge in [0.2, 0.25) is 0 Å². The van der Waals surface area contributed by atoms with Crippen LogP contribution < -0.4 is 0 Å². The van der Waals surface area contributed by atoms with Gasteiger partial charge in [-0.25, -0.2) is 9.78 Å². The van der Waals surface area contributed by atoms with Crippen LogP contribution in [0.3, 0.4) is 0 Å². The van der Waals surface area contributed by atoms with Crippen LogP contribution in [0.5, 0.6) is 0 Å². The molecule has 1 amide bonds. The molecule has 2 aromatic rings. The van der Waals surface area contributed by atoms with E-state index in [9.17, 15) is 9.59 Å². The molecule has 0 spiro atoms. The van der Waals surface area contributed by atoms with Crippen molar-refractivity contribution in [2.75, 3.05) is 26.9 Å². The fraction of sp³-hybridized carbons (Fsp3) is 0.353. The second kappa shape index (κ2) is 9.65. The van der Waals surface area contributed by atoms with Gasteiger partial charge in [-0.05, 0) is 25.1 Å². The van der Waals surface area contributed by atoms with E-state index in [0.717, 1.165) is 4.47 Å². The number of rotatable bonds is 8. The molecule has 1 aromatic heterocycles. The lowest BCUT2D eigenvalue weighted by atomic mass is 10.2. The van der Waals surface area contributed by atoms with Crippen molar-refractivity contribution in [3.63, 3.8) is 0 Å². The van der Waals surface area contributed by atoms with Crippen LogP contribution in [0.2, 0.25) is 0 Å². The number of esters is 1. The van der Waals surface area contributed by atoms with Crippen molar-refractivity contribution in [1.29, 1.82) is 0 Å². The van der Waals surface area contributed by atoms with Crippen LogP contribution in [0.15, 0.2) is 34.1 Å². The van der Waals surface area contributed by atoms with Gasteiger partial charge in [-0.2, -0.15) is 0 Å². The predicted octanol–water partition coefficient (Wildman–Crippen LogP) is 3.37. The Labute approximate surface area is 158 Å². The fourth-order valence-electron chi connectivity index (χ4n) is 2.10. The summed E-state index contributed by atoms with van der Waals surface area (Å²) in [7, 11) is 1.59. The molecule has 0 aliphatic rings. The van der Waals surface area contributed by atoms with Gasteiger partial charge in [0, 0.05) is 29.1 Å². The van der Waals surface area contributed by atoms with Crippen LogP contribution in [0.1, 0.15) is 32.8 Å². The zero-order valence-electron chi connectivity index (χ0n) is 14.0. The molecule has 1 aromatic carbocycles. The minimum atomic E-state index is -0.452. The number of methoxy groups -OCH3 is 1. The number of nitrogens with zero attached hydrogens (tertiary/aromatic N) is 2. The average Bonchev–Trinajstić information content (AvgIpc) is 3.07. The van der Waals surface area contributed by atoms with E-state index in [2.05, 4.69) is 20.9 Å². The zero-order valence-corrected chi connectivity index (χ0v) is 16.4. The number of halogens is 1. The number of carbonyl (C=O) groups excluding carboxylic acids is 2. The van der Waals surface area contributed by atoms with E-state index in [-0.39, 0.29) is 11.6 Å². The van der Waals surface area contributed by atoms with Crippen molar-refractivity contribution < 1.29 is 19.1 Å². The highest BCUT2D eigenvalue weighted by Gasteiger charge is 2.19. The topological polar surface area (TPSA) is 68.7 Å². The van der Waals surface area contributed by atoms with Crippen LogP contribution in [0.4, 0.5) is 0 Å². The number of hydrogen-bond acceptors (Lipinski definition) is 6. The molecule has 2 rings (SSSR count). The molecule has 0 saturated carbocycles. The molecule has 0 aliphatic heterocycles. The summed E-state index contributed by atoms with van der Waals surface area (Å²) >= 11 is 4.70. The molecule has 0 fully saturated rings. The molecule has 0 radical (unpaired) electrons. The van der Waals surface area contributed by atoms with Crippen LogP contribution in [0.25, 0.3) is 0 Å². The van der Waals surface area contributed by atoms with E-state index in [1.54, 1.807) is 36.4 Å². The summed E-state index contributed by atoms with van der Waals surface area (Å²) in [6.07, 6.45) is 0. The van der Waals surface area contributed by atoms with Crippen LogP contribution >= 0.6 is 27.3 Å². The summed E-state index contributed by atoms with van der Waals surface area (Å²) in [6, 6.07) is 7.21. The minimum absolute atomic E-state index is 0.119. The molecule has 0 aliphatic carbocycles. The van der Waals surface area contributed by atoms with Gasteiger partial charge >= 0.3 is 5.97 Å². The SMILES string of the molecule is CCOC(=O)c1csc(CN(CCOC)C(=O)c2cccc(Br)c2)n1. The highest BCUT2D eigenvalue weighted by atomic mass is 79.9. The van der Waals surface area contributed by atoms with E-state index < -0.39 is 5.97 Å². The van der Waals surface area contributed by atoms with E-state index in [4.69, 9.17) is 9.47 Å². The van der Waals surface area contributed by atoms with E-state index >= 15 is 0 Å². The maximum absolute atomic E-state index is 12.8. The first-order valence-electron chi connectivity index (χ1n) is 7.70. The third-order valence-electron chi connectivity index (χ3n) is 3.29. The Kier molecular flexibility index (Phi) is 7.54. The fourth-order valence-corrected chi connectivity index (χ4v) is 3.28. The predicted molar refractivity (Wildman–Crippen MR) is 98.8 cm³/mol. The molecule has 0 N–H and O–H groups in total. The Morgan fingerprint density at radius 1 is 1.36 bits per heavy atom. The number of ether oxygens (including phenoxy) is 2. The van der Waals surface area contributed by atoms with E-state index in [0.29, 0.717) is 36.9 Å². The zero-order chi connectivity index (χ0) is 18.2. The van der Waals surface area contributed by atoms with Crippen molar-refractivity contribution >= 4 is 39.1 Å². The second-order valence-electron chi connectivity index (χ2n) is 5.08. The number of hydrogen-bond donors (Lipinski definition) is 0. The van der Waals surface area contributed by atoms with Crippen molar-refractivity contribution in [2.24, 2.45) is 0 Å². The molecule has 25 heavy (non-hydrogen) atoms. The lowest BCUT2D eigenvalue weighted by Gasteiger charge is -2.21. The summed E-state index contributed by atoms with van der Waals surface area (Å²) in [5, 5.41) is 2.31. The number of benzene rings is 1. The van der Waals surface area contributed by atoms with Gasteiger partial charge in [0.05, 0.1) is 19.8 Å². The third-order valence-corrected chi connectivity index (χ3v) is 4.61. The first kappa shape index (κ1) is 19.6. The molecule has 134 valence electrons. The Morgan fingerprint density at radius 3 is 2.84 bits per heavy atom. The first-order valence-corrected chi connectivity index (χ1v) is 9.37. The van der Waals surface area contributed by atoms with Crippen LogP contribution in [0, 0.1) is 0 Å². The molecule has 8 heteroatoms. The number of thiazole rings is 1. The number of amides is 1. The number of carbonyl (C=O) groups is 2. The third kappa shape index (κ3) is 5.62. The molecule has 1 heterocycles. The second-order valence-corrected chi connectivity index (χ2v) is 6.94. The largest absolute Gasteiger partial charge is 0.461 e. The quantitative estimate of drug-likeness (QED) is 0.605. The molecule has 0 atom stereocenters. The van der Waals surface area contributed by atoms with Gasteiger partial charge < -0.3 is 14.4 Å². The lowest BCUT2D eigenvalue weighted by molar-refractivity contribution is 0.0520. The first-order chi connectivity index (χ1) is 12.0. The Hall–Kier alpha value is -1.77. The molecule has 0 saturated heterocycles. The average molecular weight is 427 g/mol.